The number of hydrogen-bond donors (Lipinski definition) is 3. The van der Waals surface area contributed by atoms with E-state index in [9.17, 15) is 9.18 Å². The maximum absolute atomic E-state index is 13.2. The highest BCUT2D eigenvalue weighted by Gasteiger charge is 2.07. The van der Waals surface area contributed by atoms with Crippen LogP contribution in [0.5, 0.6) is 5.88 Å². The maximum atomic E-state index is 13.2. The van der Waals surface area contributed by atoms with Gasteiger partial charge in [0.1, 0.15) is 17.5 Å². The van der Waals surface area contributed by atoms with E-state index in [0.29, 0.717) is 35.5 Å². The lowest BCUT2D eigenvalue weighted by Crippen LogP contribution is -2.19. The summed E-state index contributed by atoms with van der Waals surface area (Å²) in [5, 5.41) is 8.41. The van der Waals surface area contributed by atoms with Crippen molar-refractivity contribution in [2.24, 2.45) is 0 Å². The molecule has 3 N–H and O–H groups in total. The average Bonchev–Trinajstić information content (AvgIpc) is 2.70. The fraction of sp³-hybridized carbons (Fsp3) is 0.190. The molecular weight excluding hydrogens is 409 g/mol. The summed E-state index contributed by atoms with van der Waals surface area (Å²) in [6.07, 6.45) is 0.891. The Morgan fingerprint density at radius 1 is 1.03 bits per heavy atom. The molecule has 1 heterocycles. The maximum Gasteiger partial charge on any atom is 0.323 e. The van der Waals surface area contributed by atoms with Crippen LogP contribution in [0.2, 0.25) is 5.02 Å². The number of halogens is 2. The Balaban J connectivity index is 1.60. The minimum absolute atomic E-state index is 0.0635. The lowest BCUT2D eigenvalue weighted by molar-refractivity contribution is 0.262. The predicted octanol–water partition coefficient (Wildman–Crippen LogP) is 5.75. The molecular formula is C21H21ClFN5O2. The van der Waals surface area contributed by atoms with Crippen LogP contribution in [0.15, 0.2) is 48.5 Å². The number of nitrogens with zero attached hydrogens (tertiary/aromatic N) is 2. The van der Waals surface area contributed by atoms with E-state index >= 15 is 0 Å². The van der Waals surface area contributed by atoms with E-state index in [2.05, 4.69) is 25.9 Å². The van der Waals surface area contributed by atoms with Crippen LogP contribution >= 0.6 is 11.6 Å². The number of urea groups is 1. The first kappa shape index (κ1) is 21.3. The van der Waals surface area contributed by atoms with Gasteiger partial charge in [-0.05, 0) is 55.8 Å². The summed E-state index contributed by atoms with van der Waals surface area (Å²) in [5.74, 6) is 1.18. The van der Waals surface area contributed by atoms with Crippen LogP contribution in [-0.4, -0.2) is 22.6 Å². The number of benzene rings is 2. The summed E-state index contributed by atoms with van der Waals surface area (Å²) in [6.45, 7) is 4.41. The number of rotatable bonds is 7. The second-order valence-electron chi connectivity index (χ2n) is 6.40. The summed E-state index contributed by atoms with van der Waals surface area (Å²) in [5.41, 5.74) is 1.75. The number of hydrogen-bond acceptors (Lipinski definition) is 5. The van der Waals surface area contributed by atoms with Crippen molar-refractivity contribution < 1.29 is 13.9 Å². The summed E-state index contributed by atoms with van der Waals surface area (Å²) >= 11 is 5.72. The van der Waals surface area contributed by atoms with Crippen LogP contribution in [-0.2, 0) is 0 Å². The van der Waals surface area contributed by atoms with E-state index in [1.165, 1.54) is 18.2 Å². The normalized spacial score (nSPS) is 10.4. The number of nitrogens with one attached hydrogen (secondary N) is 3. The van der Waals surface area contributed by atoms with Crippen LogP contribution in [0.3, 0.4) is 0 Å². The van der Waals surface area contributed by atoms with Crippen molar-refractivity contribution in [1.82, 2.24) is 9.97 Å². The molecule has 0 saturated heterocycles. The molecule has 0 aliphatic heterocycles. The Morgan fingerprint density at radius 2 is 1.70 bits per heavy atom. The monoisotopic (exact) mass is 429 g/mol. The first-order valence-corrected chi connectivity index (χ1v) is 9.69. The standard InChI is InChI=1S/C21H21ClFN5O2/c1-3-10-30-20-12-19(24-13(2)25-20)26-14-4-6-15(7-5-14)27-21(29)28-16-8-9-18(23)17(22)11-16/h4-9,11-12H,3,10H2,1-2H3,(H,24,25,26)(H2,27,28,29). The van der Waals surface area contributed by atoms with E-state index < -0.39 is 11.8 Å². The lowest BCUT2D eigenvalue weighted by Gasteiger charge is -2.11. The molecule has 0 aliphatic carbocycles. The topological polar surface area (TPSA) is 88.2 Å². The van der Waals surface area contributed by atoms with Crippen LogP contribution in [0.25, 0.3) is 0 Å². The summed E-state index contributed by atoms with van der Waals surface area (Å²) < 4.78 is 18.8. The van der Waals surface area contributed by atoms with Gasteiger partial charge in [0.05, 0.1) is 11.6 Å². The molecule has 0 fully saturated rings. The fourth-order valence-electron chi connectivity index (χ4n) is 2.54. The number of ether oxygens (including phenoxy) is 1. The van der Waals surface area contributed by atoms with E-state index in [1.54, 1.807) is 37.3 Å². The number of amides is 2. The van der Waals surface area contributed by atoms with Gasteiger partial charge in [0.2, 0.25) is 5.88 Å². The molecule has 0 aliphatic rings. The molecule has 7 nitrogen and oxygen atoms in total. The third kappa shape index (κ3) is 6.05. The molecule has 0 saturated carbocycles. The molecule has 0 radical (unpaired) electrons. The molecule has 30 heavy (non-hydrogen) atoms. The number of aryl methyl sites for hydroxylation is 1. The second kappa shape index (κ2) is 9.89. The quantitative estimate of drug-likeness (QED) is 0.444. The zero-order valence-corrected chi connectivity index (χ0v) is 17.3. The van der Waals surface area contributed by atoms with Crippen LogP contribution in [0.4, 0.5) is 32.1 Å². The Morgan fingerprint density at radius 3 is 2.40 bits per heavy atom. The molecule has 0 atom stereocenters. The lowest BCUT2D eigenvalue weighted by atomic mass is 10.2. The molecule has 0 spiro atoms. The van der Waals surface area contributed by atoms with Crippen LogP contribution in [0, 0.1) is 12.7 Å². The van der Waals surface area contributed by atoms with Gasteiger partial charge in [-0.3, -0.25) is 0 Å². The van der Waals surface area contributed by atoms with Crippen LogP contribution < -0.4 is 20.7 Å². The van der Waals surface area contributed by atoms with Crippen molar-refractivity contribution in [3.63, 3.8) is 0 Å². The Kier molecular flexibility index (Phi) is 7.03. The molecule has 2 amide bonds. The number of carbonyl (C=O) groups is 1. The molecule has 3 rings (SSSR count). The summed E-state index contributed by atoms with van der Waals surface area (Å²) in [4.78, 5) is 20.7. The van der Waals surface area contributed by atoms with Crippen LogP contribution in [0.1, 0.15) is 19.2 Å². The van der Waals surface area contributed by atoms with Gasteiger partial charge in [0, 0.05) is 23.1 Å². The highest BCUT2D eigenvalue weighted by atomic mass is 35.5. The molecule has 2 aromatic carbocycles. The van der Waals surface area contributed by atoms with E-state index in [4.69, 9.17) is 16.3 Å². The van der Waals surface area contributed by atoms with Gasteiger partial charge >= 0.3 is 6.03 Å². The summed E-state index contributed by atoms with van der Waals surface area (Å²) in [6, 6.07) is 12.3. The smallest absolute Gasteiger partial charge is 0.323 e. The zero-order chi connectivity index (χ0) is 21.5. The summed E-state index contributed by atoms with van der Waals surface area (Å²) in [7, 11) is 0. The SMILES string of the molecule is CCCOc1cc(Nc2ccc(NC(=O)Nc3ccc(F)c(Cl)c3)cc2)nc(C)n1. The van der Waals surface area contributed by atoms with Crippen molar-refractivity contribution in [3.05, 3.63) is 65.2 Å². The van der Waals surface area contributed by atoms with Crippen molar-refractivity contribution >= 4 is 40.5 Å². The van der Waals surface area contributed by atoms with Crippen molar-refractivity contribution in [2.75, 3.05) is 22.6 Å². The van der Waals surface area contributed by atoms with Gasteiger partial charge in [-0.1, -0.05) is 18.5 Å². The number of carbonyl (C=O) groups excluding carboxylic acids is 1. The third-order valence-corrected chi connectivity index (χ3v) is 4.15. The second-order valence-corrected chi connectivity index (χ2v) is 6.80. The van der Waals surface area contributed by atoms with Gasteiger partial charge in [0.15, 0.2) is 0 Å². The average molecular weight is 430 g/mol. The minimum Gasteiger partial charge on any atom is -0.478 e. The largest absolute Gasteiger partial charge is 0.478 e. The van der Waals surface area contributed by atoms with Crippen molar-refractivity contribution in [2.45, 2.75) is 20.3 Å². The fourth-order valence-corrected chi connectivity index (χ4v) is 2.72. The molecule has 3 aromatic rings. The van der Waals surface area contributed by atoms with Gasteiger partial charge in [-0.2, -0.15) is 4.98 Å². The van der Waals surface area contributed by atoms with E-state index in [0.717, 1.165) is 12.1 Å². The van der Waals surface area contributed by atoms with Crippen molar-refractivity contribution in [1.29, 1.82) is 0 Å². The van der Waals surface area contributed by atoms with E-state index in [-0.39, 0.29) is 5.02 Å². The first-order valence-electron chi connectivity index (χ1n) is 9.31. The first-order chi connectivity index (χ1) is 14.4. The number of aromatic nitrogens is 2. The highest BCUT2D eigenvalue weighted by molar-refractivity contribution is 6.31. The highest BCUT2D eigenvalue weighted by Crippen LogP contribution is 2.22. The molecule has 156 valence electrons. The molecule has 0 unspecified atom stereocenters. The minimum atomic E-state index is -0.548. The Labute approximate surface area is 178 Å². The zero-order valence-electron chi connectivity index (χ0n) is 16.5. The third-order valence-electron chi connectivity index (χ3n) is 3.86. The molecule has 1 aromatic heterocycles. The number of anilines is 4. The van der Waals surface area contributed by atoms with Crippen molar-refractivity contribution in [3.8, 4) is 5.88 Å². The van der Waals surface area contributed by atoms with Gasteiger partial charge in [-0.15, -0.1) is 0 Å². The molecule has 0 bridgehead atoms. The van der Waals surface area contributed by atoms with E-state index in [1.807, 2.05) is 6.92 Å². The van der Waals surface area contributed by atoms with Gasteiger partial charge in [-0.25, -0.2) is 14.2 Å². The Bertz CT molecular complexity index is 1030. The Hall–Kier alpha value is -3.39. The molecule has 9 heteroatoms. The van der Waals surface area contributed by atoms with Gasteiger partial charge < -0.3 is 20.7 Å². The predicted molar refractivity (Wildman–Crippen MR) is 116 cm³/mol. The van der Waals surface area contributed by atoms with Gasteiger partial charge in [0.25, 0.3) is 0 Å².